The third-order valence-corrected chi connectivity index (χ3v) is 14.6. The van der Waals surface area contributed by atoms with Crippen molar-refractivity contribution in [3.8, 4) is 0 Å². The molecule has 446 valence electrons. The number of hydrogen-bond donors (Lipinski definition) is 0. The summed E-state index contributed by atoms with van der Waals surface area (Å²) in [5, 5.41) is 0. The zero-order valence-corrected chi connectivity index (χ0v) is 51.5. The van der Waals surface area contributed by atoms with Gasteiger partial charge in [0.05, 0.1) is 27.7 Å². The number of carbonyl (C=O) groups excluding carboxylic acids is 2. The molecule has 0 aromatic carbocycles. The maximum absolute atomic E-state index is 12.8. The zero-order chi connectivity index (χ0) is 56.3. The third-order valence-electron chi connectivity index (χ3n) is 13.6. The van der Waals surface area contributed by atoms with E-state index in [1.807, 2.05) is 21.1 Å². The number of carbonyl (C=O) groups is 2. The molecule has 0 heterocycles. The minimum Gasteiger partial charge on any atom is -0.756 e. The lowest BCUT2D eigenvalue weighted by atomic mass is 10.0. The van der Waals surface area contributed by atoms with E-state index in [9.17, 15) is 19.0 Å². The number of unbranched alkanes of at least 4 members (excludes halogenated alkanes) is 30. The zero-order valence-electron chi connectivity index (χ0n) is 50.6. The fraction of sp³-hybridized carbons (Fsp3) is 0.761. The van der Waals surface area contributed by atoms with Crippen molar-refractivity contribution in [2.75, 3.05) is 47.5 Å². The lowest BCUT2D eigenvalue weighted by Gasteiger charge is -2.28. The molecule has 0 saturated heterocycles. The van der Waals surface area contributed by atoms with Gasteiger partial charge in [0.1, 0.15) is 19.8 Å². The highest BCUT2D eigenvalue weighted by atomic mass is 31.2. The summed E-state index contributed by atoms with van der Waals surface area (Å²) in [6.07, 6.45) is 78.2. The Bertz CT molecular complexity index is 1580. The number of likely N-dealkylation sites (N-methyl/N-ethyl adjacent to an activating group) is 1. The molecule has 0 aliphatic rings. The molecule has 0 saturated carbocycles. The highest BCUT2D eigenvalue weighted by Gasteiger charge is 2.22. The van der Waals surface area contributed by atoms with Crippen molar-refractivity contribution in [2.24, 2.45) is 0 Å². The molecule has 77 heavy (non-hydrogen) atoms. The Hall–Kier alpha value is -2.81. The second-order valence-corrected chi connectivity index (χ2v) is 23.8. The molecule has 0 aliphatic carbocycles. The van der Waals surface area contributed by atoms with Crippen LogP contribution in [-0.2, 0) is 32.7 Å². The molecule has 0 aromatic heterocycles. The van der Waals surface area contributed by atoms with Crippen LogP contribution in [0.4, 0.5) is 0 Å². The fourth-order valence-corrected chi connectivity index (χ4v) is 9.50. The summed E-state index contributed by atoms with van der Waals surface area (Å²) in [6.45, 7) is 4.10. The molecule has 10 heteroatoms. The van der Waals surface area contributed by atoms with E-state index in [0.717, 1.165) is 96.3 Å². The standard InChI is InChI=1S/C67H120NO8P/c1-6-8-10-12-14-16-18-20-21-22-23-24-25-26-27-28-29-30-31-32-33-34-35-36-37-38-39-40-41-42-43-44-45-46-47-48-50-52-54-56-58-60-67(70)76-65(64-75-77(71,72)74-62-61-68(3,4)5)63-73-66(69)59-57-55-53-51-49-19-17-15-13-11-9-7-2/h8,10,14-17,20-21,23-24,26-27,29-30,65H,6-7,9,11-13,18-19,22,25,28,31-64H2,1-5H3/b10-8-,16-14-,17-15-,21-20-,24-23-,27-26-,30-29-. The van der Waals surface area contributed by atoms with Crippen LogP contribution >= 0.6 is 7.82 Å². The first-order valence-electron chi connectivity index (χ1n) is 31.8. The first-order valence-corrected chi connectivity index (χ1v) is 33.3. The summed E-state index contributed by atoms with van der Waals surface area (Å²) in [5.74, 6) is -0.837. The fourth-order valence-electron chi connectivity index (χ4n) is 8.77. The van der Waals surface area contributed by atoms with E-state index >= 15 is 0 Å². The second-order valence-electron chi connectivity index (χ2n) is 22.4. The predicted molar refractivity (Wildman–Crippen MR) is 328 cm³/mol. The normalized spacial score (nSPS) is 13.8. The first kappa shape index (κ1) is 74.2. The summed E-state index contributed by atoms with van der Waals surface area (Å²) in [7, 11) is 1.17. The van der Waals surface area contributed by atoms with Gasteiger partial charge in [0, 0.05) is 12.8 Å². The van der Waals surface area contributed by atoms with Crippen LogP contribution in [0.3, 0.4) is 0 Å². The second kappa shape index (κ2) is 57.9. The van der Waals surface area contributed by atoms with Crippen LogP contribution in [0.1, 0.15) is 277 Å². The van der Waals surface area contributed by atoms with Gasteiger partial charge in [-0.05, 0) is 89.9 Å². The maximum atomic E-state index is 12.8. The minimum atomic E-state index is -4.63. The number of hydrogen-bond acceptors (Lipinski definition) is 8. The molecule has 0 amide bonds. The van der Waals surface area contributed by atoms with Crippen LogP contribution in [0.2, 0.25) is 0 Å². The molecular formula is C67H120NO8P. The molecule has 0 radical (unpaired) electrons. The lowest BCUT2D eigenvalue weighted by Crippen LogP contribution is -2.37. The van der Waals surface area contributed by atoms with E-state index in [-0.39, 0.29) is 26.1 Å². The van der Waals surface area contributed by atoms with Crippen LogP contribution in [0, 0.1) is 0 Å². The van der Waals surface area contributed by atoms with E-state index in [1.54, 1.807) is 0 Å². The Balaban J connectivity index is 3.88. The van der Waals surface area contributed by atoms with Crippen molar-refractivity contribution >= 4 is 19.8 Å². The SMILES string of the molecule is CC/C=C\C/C=C\C/C=C\C/C=C\C/C=C\C/C=C\CCCCCCCCCCCCCCCCCCCCCCCCC(=O)OC(COC(=O)CCCCCCC/C=C\CCCCC)COP(=O)([O-])OCC[N+](C)(C)C. The summed E-state index contributed by atoms with van der Waals surface area (Å²) < 4.78 is 34.1. The minimum absolute atomic E-state index is 0.0322. The van der Waals surface area contributed by atoms with Gasteiger partial charge >= 0.3 is 11.9 Å². The van der Waals surface area contributed by atoms with E-state index in [2.05, 4.69) is 98.9 Å². The average molecular weight is 1100 g/mol. The van der Waals surface area contributed by atoms with E-state index in [1.165, 1.54) is 148 Å². The Morgan fingerprint density at radius 1 is 0.416 bits per heavy atom. The van der Waals surface area contributed by atoms with Crippen molar-refractivity contribution in [1.82, 2.24) is 0 Å². The smallest absolute Gasteiger partial charge is 0.306 e. The van der Waals surface area contributed by atoms with Crippen LogP contribution < -0.4 is 4.89 Å². The maximum Gasteiger partial charge on any atom is 0.306 e. The molecule has 0 aromatic rings. The largest absolute Gasteiger partial charge is 0.756 e. The first-order chi connectivity index (χ1) is 37.5. The van der Waals surface area contributed by atoms with Gasteiger partial charge in [0.25, 0.3) is 7.82 Å². The Morgan fingerprint density at radius 3 is 1.12 bits per heavy atom. The van der Waals surface area contributed by atoms with Crippen LogP contribution in [-0.4, -0.2) is 70.0 Å². The molecule has 0 N–H and O–H groups in total. The number of nitrogens with zero attached hydrogens (tertiary/aromatic N) is 1. The van der Waals surface area contributed by atoms with Crippen molar-refractivity contribution in [3.63, 3.8) is 0 Å². The Morgan fingerprint density at radius 2 is 0.740 bits per heavy atom. The van der Waals surface area contributed by atoms with Crippen molar-refractivity contribution in [3.05, 3.63) is 85.1 Å². The molecule has 2 atom stereocenters. The van der Waals surface area contributed by atoms with Crippen LogP contribution in [0.15, 0.2) is 85.1 Å². The van der Waals surface area contributed by atoms with Crippen molar-refractivity contribution < 1.29 is 42.1 Å². The molecular weight excluding hydrogens is 978 g/mol. The third kappa shape index (κ3) is 62.3. The van der Waals surface area contributed by atoms with E-state index in [4.69, 9.17) is 18.5 Å². The van der Waals surface area contributed by atoms with Gasteiger partial charge in [-0.3, -0.25) is 14.2 Å². The molecule has 9 nitrogen and oxygen atoms in total. The van der Waals surface area contributed by atoms with E-state index in [0.29, 0.717) is 17.4 Å². The van der Waals surface area contributed by atoms with Crippen molar-refractivity contribution in [1.29, 1.82) is 0 Å². The number of esters is 2. The number of phosphoric acid groups is 1. The predicted octanol–water partition coefficient (Wildman–Crippen LogP) is 19.6. The summed E-state index contributed by atoms with van der Waals surface area (Å²) in [6, 6.07) is 0. The Kier molecular flexibility index (Phi) is 55.8. The topological polar surface area (TPSA) is 111 Å². The monoisotopic (exact) mass is 1100 g/mol. The van der Waals surface area contributed by atoms with Crippen LogP contribution in [0.25, 0.3) is 0 Å². The van der Waals surface area contributed by atoms with Gasteiger partial charge < -0.3 is 27.9 Å². The van der Waals surface area contributed by atoms with Crippen molar-refractivity contribution in [2.45, 2.75) is 283 Å². The molecule has 0 aliphatic heterocycles. The summed E-state index contributed by atoms with van der Waals surface area (Å²) >= 11 is 0. The van der Waals surface area contributed by atoms with Gasteiger partial charge in [-0.25, -0.2) is 0 Å². The van der Waals surface area contributed by atoms with E-state index < -0.39 is 32.5 Å². The summed E-state index contributed by atoms with van der Waals surface area (Å²) in [5.41, 5.74) is 0. The van der Waals surface area contributed by atoms with Crippen LogP contribution in [0.5, 0.6) is 0 Å². The van der Waals surface area contributed by atoms with Gasteiger partial charge in [0.15, 0.2) is 6.10 Å². The quantitative estimate of drug-likeness (QED) is 0.0195. The highest BCUT2D eigenvalue weighted by Crippen LogP contribution is 2.38. The number of phosphoric ester groups is 1. The summed E-state index contributed by atoms with van der Waals surface area (Å²) in [4.78, 5) is 37.8. The van der Waals surface area contributed by atoms with Gasteiger partial charge in [-0.2, -0.15) is 0 Å². The molecule has 0 bridgehead atoms. The van der Waals surface area contributed by atoms with Gasteiger partial charge in [0.2, 0.25) is 0 Å². The number of quaternary nitrogens is 1. The molecule has 0 rings (SSSR count). The molecule has 2 unspecified atom stereocenters. The number of allylic oxidation sites excluding steroid dienone is 14. The number of rotatable bonds is 58. The molecule has 0 spiro atoms. The number of ether oxygens (including phenoxy) is 2. The van der Waals surface area contributed by atoms with Gasteiger partial charge in [-0.15, -0.1) is 0 Å². The molecule has 0 fully saturated rings. The Labute approximate surface area is 475 Å². The average Bonchev–Trinajstić information content (AvgIpc) is 3.39. The highest BCUT2D eigenvalue weighted by molar-refractivity contribution is 7.45. The van der Waals surface area contributed by atoms with Gasteiger partial charge in [-0.1, -0.05) is 259 Å². The lowest BCUT2D eigenvalue weighted by molar-refractivity contribution is -0.870.